The monoisotopic (exact) mass is 320 g/mol. The van der Waals surface area contributed by atoms with Crippen LogP contribution in [-0.4, -0.2) is 23.0 Å². The van der Waals surface area contributed by atoms with Crippen molar-refractivity contribution in [1.82, 2.24) is 9.97 Å². The van der Waals surface area contributed by atoms with Crippen LogP contribution in [0.1, 0.15) is 16.1 Å². The van der Waals surface area contributed by atoms with E-state index in [9.17, 15) is 9.59 Å². The molecule has 4 rings (SSSR count). The Balaban J connectivity index is 2.40. The molecule has 0 unspecified atom stereocenters. The molecule has 0 fully saturated rings. The van der Waals surface area contributed by atoms with Gasteiger partial charge in [0.25, 0.3) is 0 Å². The maximum Gasteiger partial charge on any atom is 0.338 e. The minimum Gasteiger partial charge on any atom is -0.465 e. The number of pyridine rings is 2. The highest BCUT2D eigenvalue weighted by atomic mass is 16.5. The molecule has 0 atom stereocenters. The predicted molar refractivity (Wildman–Crippen MR) is 89.2 cm³/mol. The van der Waals surface area contributed by atoms with Gasteiger partial charge in [-0.15, -0.1) is 0 Å². The molecule has 0 spiro atoms. The van der Waals surface area contributed by atoms with Gasteiger partial charge < -0.3 is 9.15 Å². The highest BCUT2D eigenvalue weighted by Gasteiger charge is 2.20. The summed E-state index contributed by atoms with van der Waals surface area (Å²) in [6, 6.07) is 8.50. The molecule has 6 heteroatoms. The first-order valence-electron chi connectivity index (χ1n) is 7.30. The van der Waals surface area contributed by atoms with Gasteiger partial charge in [0.2, 0.25) is 0 Å². The van der Waals surface area contributed by atoms with E-state index >= 15 is 0 Å². The summed E-state index contributed by atoms with van der Waals surface area (Å²) in [6.07, 6.45) is 1.61. The standard InChI is InChI=1S/C18H12N2O4/c1-9-5-6-10-14-12(18(22)23-2)8-13(21)24-17(14)16-11(15(10)20-9)4-3-7-19-16/h3-8H,1-2H3. The molecular formula is C18H12N2O4. The first kappa shape index (κ1) is 14.3. The van der Waals surface area contributed by atoms with Crippen molar-refractivity contribution in [1.29, 1.82) is 0 Å². The van der Waals surface area contributed by atoms with Gasteiger partial charge in [-0.1, -0.05) is 6.07 Å². The number of ether oxygens (including phenoxy) is 1. The Morgan fingerprint density at radius 2 is 2.00 bits per heavy atom. The second-order valence-corrected chi connectivity index (χ2v) is 5.42. The first-order chi connectivity index (χ1) is 11.6. The minimum absolute atomic E-state index is 0.145. The van der Waals surface area contributed by atoms with E-state index in [0.717, 1.165) is 17.1 Å². The molecule has 0 aliphatic heterocycles. The molecule has 0 N–H and O–H groups in total. The van der Waals surface area contributed by atoms with Crippen LogP contribution in [0.5, 0.6) is 0 Å². The number of hydrogen-bond acceptors (Lipinski definition) is 6. The van der Waals surface area contributed by atoms with Crippen LogP contribution in [0.3, 0.4) is 0 Å². The zero-order chi connectivity index (χ0) is 16.8. The van der Waals surface area contributed by atoms with Crippen molar-refractivity contribution in [3.8, 4) is 0 Å². The van der Waals surface area contributed by atoms with E-state index in [1.165, 1.54) is 7.11 Å². The summed E-state index contributed by atoms with van der Waals surface area (Å²) in [4.78, 5) is 33.0. The van der Waals surface area contributed by atoms with Crippen molar-refractivity contribution in [2.24, 2.45) is 0 Å². The zero-order valence-corrected chi connectivity index (χ0v) is 13.0. The average molecular weight is 320 g/mol. The van der Waals surface area contributed by atoms with Crippen molar-refractivity contribution >= 4 is 38.7 Å². The molecule has 118 valence electrons. The van der Waals surface area contributed by atoms with Gasteiger partial charge in [-0.2, -0.15) is 0 Å². The Labute approximate surface area is 135 Å². The quantitative estimate of drug-likeness (QED) is 0.305. The maximum atomic E-state index is 12.2. The lowest BCUT2D eigenvalue weighted by atomic mass is 10.0. The van der Waals surface area contributed by atoms with Gasteiger partial charge in [-0.3, -0.25) is 9.97 Å². The maximum absolute atomic E-state index is 12.2. The molecule has 0 radical (unpaired) electrons. The summed E-state index contributed by atoms with van der Waals surface area (Å²) < 4.78 is 10.2. The number of nitrogens with zero attached hydrogens (tertiary/aromatic N) is 2. The van der Waals surface area contributed by atoms with Gasteiger partial charge in [0.05, 0.1) is 18.2 Å². The molecule has 24 heavy (non-hydrogen) atoms. The molecule has 0 aliphatic rings. The van der Waals surface area contributed by atoms with Gasteiger partial charge in [0.15, 0.2) is 5.58 Å². The van der Waals surface area contributed by atoms with Crippen molar-refractivity contribution in [2.75, 3.05) is 7.11 Å². The van der Waals surface area contributed by atoms with E-state index in [1.54, 1.807) is 12.3 Å². The van der Waals surface area contributed by atoms with Gasteiger partial charge in [0.1, 0.15) is 5.52 Å². The number of carbonyl (C=O) groups excluding carboxylic acids is 1. The smallest absolute Gasteiger partial charge is 0.338 e. The number of rotatable bonds is 1. The summed E-state index contributed by atoms with van der Waals surface area (Å²) in [5.41, 5.74) is 1.80. The Hall–Kier alpha value is -3.28. The molecular weight excluding hydrogens is 308 g/mol. The van der Waals surface area contributed by atoms with E-state index < -0.39 is 11.6 Å². The number of carbonyl (C=O) groups is 1. The van der Waals surface area contributed by atoms with Crippen molar-refractivity contribution in [2.45, 2.75) is 6.92 Å². The molecule has 3 aromatic heterocycles. The fraction of sp³-hybridized carbons (Fsp3) is 0.111. The lowest BCUT2D eigenvalue weighted by molar-refractivity contribution is 0.0602. The summed E-state index contributed by atoms with van der Waals surface area (Å²) in [6.45, 7) is 1.89. The summed E-state index contributed by atoms with van der Waals surface area (Å²) in [7, 11) is 1.27. The molecule has 0 aliphatic carbocycles. The Morgan fingerprint density at radius 3 is 2.79 bits per heavy atom. The number of fused-ring (bicyclic) bond motifs is 6. The summed E-state index contributed by atoms with van der Waals surface area (Å²) >= 11 is 0. The van der Waals surface area contributed by atoms with Crippen LogP contribution >= 0.6 is 0 Å². The van der Waals surface area contributed by atoms with Crippen LogP contribution in [0.2, 0.25) is 0 Å². The van der Waals surface area contributed by atoms with Crippen LogP contribution in [-0.2, 0) is 4.74 Å². The third kappa shape index (κ3) is 1.96. The lowest BCUT2D eigenvalue weighted by Gasteiger charge is -2.10. The van der Waals surface area contributed by atoms with Gasteiger partial charge in [0, 0.05) is 34.1 Å². The number of benzene rings is 1. The minimum atomic E-state index is -0.630. The second-order valence-electron chi connectivity index (χ2n) is 5.42. The van der Waals surface area contributed by atoms with Gasteiger partial charge in [-0.05, 0) is 25.1 Å². The first-order valence-corrected chi connectivity index (χ1v) is 7.30. The highest BCUT2D eigenvalue weighted by Crippen LogP contribution is 2.34. The molecule has 4 aromatic rings. The van der Waals surface area contributed by atoms with Crippen molar-refractivity contribution in [3.05, 3.63) is 58.2 Å². The summed E-state index contributed by atoms with van der Waals surface area (Å²) in [5, 5.41) is 1.95. The van der Waals surface area contributed by atoms with Crippen LogP contribution in [0.15, 0.2) is 45.7 Å². The number of aryl methyl sites for hydroxylation is 1. The molecule has 0 saturated heterocycles. The predicted octanol–water partition coefficient (Wildman–Crippen LogP) is 2.98. The SMILES string of the molecule is COC(=O)c1cc(=O)oc2c3ncccc3c3nc(C)ccc3c12. The number of hydrogen-bond donors (Lipinski definition) is 0. The fourth-order valence-electron chi connectivity index (χ4n) is 2.94. The Morgan fingerprint density at radius 1 is 1.17 bits per heavy atom. The third-order valence-electron chi connectivity index (χ3n) is 3.95. The van der Waals surface area contributed by atoms with E-state index in [4.69, 9.17) is 9.15 Å². The third-order valence-corrected chi connectivity index (χ3v) is 3.95. The molecule has 3 heterocycles. The van der Waals surface area contributed by atoms with Crippen LogP contribution in [0.25, 0.3) is 32.8 Å². The molecule has 6 nitrogen and oxygen atoms in total. The van der Waals surface area contributed by atoms with Crippen LogP contribution in [0, 0.1) is 6.92 Å². The molecule has 1 aromatic carbocycles. The largest absolute Gasteiger partial charge is 0.465 e. The van der Waals surface area contributed by atoms with Crippen LogP contribution in [0.4, 0.5) is 0 Å². The van der Waals surface area contributed by atoms with E-state index in [-0.39, 0.29) is 11.1 Å². The van der Waals surface area contributed by atoms with E-state index in [2.05, 4.69) is 9.97 Å². The van der Waals surface area contributed by atoms with Crippen molar-refractivity contribution in [3.63, 3.8) is 0 Å². The van der Waals surface area contributed by atoms with E-state index in [0.29, 0.717) is 21.8 Å². The van der Waals surface area contributed by atoms with E-state index in [1.807, 2.05) is 25.1 Å². The zero-order valence-electron chi connectivity index (χ0n) is 13.0. The molecule has 0 bridgehead atoms. The Bertz CT molecular complexity index is 1190. The molecule has 0 amide bonds. The number of aromatic nitrogens is 2. The van der Waals surface area contributed by atoms with Crippen molar-refractivity contribution < 1.29 is 13.9 Å². The van der Waals surface area contributed by atoms with Crippen LogP contribution < -0.4 is 5.63 Å². The topological polar surface area (TPSA) is 82.3 Å². The normalized spacial score (nSPS) is 11.2. The second kappa shape index (κ2) is 5.13. The summed E-state index contributed by atoms with van der Waals surface area (Å²) in [5.74, 6) is -0.606. The fourth-order valence-corrected chi connectivity index (χ4v) is 2.94. The Kier molecular flexibility index (Phi) is 3.06. The van der Waals surface area contributed by atoms with Gasteiger partial charge >= 0.3 is 11.6 Å². The molecule has 0 saturated carbocycles. The lowest BCUT2D eigenvalue weighted by Crippen LogP contribution is -2.09. The number of esters is 1. The van der Waals surface area contributed by atoms with Gasteiger partial charge in [-0.25, -0.2) is 9.59 Å². The number of methoxy groups -OCH3 is 1. The average Bonchev–Trinajstić information content (AvgIpc) is 2.60. The highest BCUT2D eigenvalue weighted by molar-refractivity contribution is 6.25.